The molecule has 0 saturated carbocycles. The molecule has 0 atom stereocenters. The van der Waals surface area contributed by atoms with Crippen LogP contribution in [0.2, 0.25) is 10.0 Å². The molecule has 1 rings (SSSR count). The monoisotopic (exact) mass is 262 g/mol. The van der Waals surface area contributed by atoms with Crippen LogP contribution in [0.25, 0.3) is 0 Å². The minimum Gasteiger partial charge on any atom is -0.501 e. The lowest BCUT2D eigenvalue weighted by Crippen LogP contribution is -1.99. The number of hydrogen-bond acceptors (Lipinski definition) is 2. The first-order valence-electron chi connectivity index (χ1n) is 4.54. The molecule has 86 valence electrons. The molecule has 0 fully saturated rings. The van der Waals surface area contributed by atoms with Gasteiger partial charge in [-0.2, -0.15) is 0 Å². The molecule has 0 unspecified atom stereocenters. The van der Waals surface area contributed by atoms with Gasteiger partial charge < -0.3 is 4.74 Å². The van der Waals surface area contributed by atoms with Crippen molar-refractivity contribution in [2.24, 2.45) is 0 Å². The summed E-state index contributed by atoms with van der Waals surface area (Å²) in [4.78, 5) is 11.6. The Labute approximate surface area is 103 Å². The Morgan fingerprint density at radius 1 is 1.50 bits per heavy atom. The average Bonchev–Trinajstić information content (AvgIpc) is 2.24. The molecule has 1 aromatic carbocycles. The zero-order valence-corrected chi connectivity index (χ0v) is 9.98. The quantitative estimate of drug-likeness (QED) is 0.357. The largest absolute Gasteiger partial charge is 0.501 e. The van der Waals surface area contributed by atoms with Crippen molar-refractivity contribution in [1.82, 2.24) is 0 Å². The van der Waals surface area contributed by atoms with E-state index >= 15 is 0 Å². The number of rotatable bonds is 4. The Morgan fingerprint density at radius 2 is 2.19 bits per heavy atom. The van der Waals surface area contributed by atoms with Gasteiger partial charge in [0.15, 0.2) is 5.78 Å². The van der Waals surface area contributed by atoms with Crippen LogP contribution in [0.4, 0.5) is 4.39 Å². The van der Waals surface area contributed by atoms with Gasteiger partial charge in [-0.1, -0.05) is 23.2 Å². The number of benzene rings is 1. The summed E-state index contributed by atoms with van der Waals surface area (Å²) >= 11 is 11.4. The van der Waals surface area contributed by atoms with Crippen LogP contribution >= 0.6 is 23.2 Å². The van der Waals surface area contributed by atoms with Crippen LogP contribution in [-0.4, -0.2) is 12.4 Å². The maximum absolute atomic E-state index is 13.1. The molecule has 0 aliphatic rings. The zero-order chi connectivity index (χ0) is 12.1. The number of carbonyl (C=O) groups excluding carboxylic acids is 1. The number of carbonyl (C=O) groups is 1. The van der Waals surface area contributed by atoms with E-state index in [9.17, 15) is 9.18 Å². The Balaban J connectivity index is 3.04. The normalized spacial score (nSPS) is 10.8. The van der Waals surface area contributed by atoms with Gasteiger partial charge in [-0.05, 0) is 19.1 Å². The molecule has 1 aromatic rings. The molecule has 0 saturated heterocycles. The highest BCUT2D eigenvalue weighted by Gasteiger charge is 2.15. The summed E-state index contributed by atoms with van der Waals surface area (Å²) in [5.41, 5.74) is -0.0562. The van der Waals surface area contributed by atoms with Gasteiger partial charge in [0.05, 0.1) is 28.5 Å². The van der Waals surface area contributed by atoms with Gasteiger partial charge in [0.2, 0.25) is 0 Å². The summed E-state index contributed by atoms with van der Waals surface area (Å²) < 4.78 is 18.0. The van der Waals surface area contributed by atoms with E-state index in [0.29, 0.717) is 6.61 Å². The van der Waals surface area contributed by atoms with Crippen molar-refractivity contribution < 1.29 is 13.9 Å². The molecule has 16 heavy (non-hydrogen) atoms. The van der Waals surface area contributed by atoms with Crippen LogP contribution in [0.5, 0.6) is 0 Å². The lowest BCUT2D eigenvalue weighted by atomic mass is 10.1. The molecular weight excluding hydrogens is 254 g/mol. The maximum Gasteiger partial charge on any atom is 0.191 e. The fourth-order valence-electron chi connectivity index (χ4n) is 1.04. The highest BCUT2D eigenvalue weighted by molar-refractivity contribution is 6.40. The number of ketones is 1. The highest BCUT2D eigenvalue weighted by Crippen LogP contribution is 2.27. The number of allylic oxidation sites excluding steroid dienone is 1. The van der Waals surface area contributed by atoms with Crippen LogP contribution in [-0.2, 0) is 4.74 Å². The van der Waals surface area contributed by atoms with Gasteiger partial charge >= 0.3 is 0 Å². The van der Waals surface area contributed by atoms with Crippen molar-refractivity contribution in [2.45, 2.75) is 6.92 Å². The molecule has 0 aliphatic carbocycles. The average molecular weight is 263 g/mol. The third kappa shape index (κ3) is 2.97. The molecule has 0 spiro atoms. The number of halogens is 3. The molecule has 2 nitrogen and oxygen atoms in total. The fourth-order valence-corrected chi connectivity index (χ4v) is 1.60. The minimum absolute atomic E-state index is 0.0562. The molecule has 0 aliphatic heterocycles. The van der Waals surface area contributed by atoms with Crippen LogP contribution in [0.15, 0.2) is 24.5 Å². The van der Waals surface area contributed by atoms with Gasteiger partial charge in [-0.3, -0.25) is 4.79 Å². The van der Waals surface area contributed by atoms with E-state index in [1.165, 1.54) is 12.3 Å². The van der Waals surface area contributed by atoms with Crippen molar-refractivity contribution in [1.29, 1.82) is 0 Å². The highest BCUT2D eigenvalue weighted by atomic mass is 35.5. The third-order valence-corrected chi connectivity index (χ3v) is 2.46. The van der Waals surface area contributed by atoms with E-state index in [0.717, 1.165) is 12.1 Å². The molecule has 0 N–H and O–H groups in total. The van der Waals surface area contributed by atoms with Gasteiger partial charge in [0.1, 0.15) is 5.82 Å². The van der Waals surface area contributed by atoms with E-state index in [1.54, 1.807) is 6.92 Å². The predicted octanol–water partition coefficient (Wildman–Crippen LogP) is 3.87. The van der Waals surface area contributed by atoms with Crippen LogP contribution in [0.1, 0.15) is 17.3 Å². The Kier molecular flexibility index (Phi) is 4.77. The van der Waals surface area contributed by atoms with Gasteiger partial charge in [-0.15, -0.1) is 0 Å². The van der Waals surface area contributed by atoms with Crippen molar-refractivity contribution in [3.05, 3.63) is 45.9 Å². The lowest BCUT2D eigenvalue weighted by Gasteiger charge is -2.03. The third-order valence-electron chi connectivity index (χ3n) is 1.77. The molecular formula is C11H9Cl2FO2. The standard InChI is InChI=1S/C11H9Cl2FO2/c1-2-16-6-5-9(15)10-7(12)3-4-8(14)11(10)13/h3-6H,2H2,1H3. The SMILES string of the molecule is CCOC=CC(=O)c1c(Cl)ccc(F)c1Cl. The summed E-state index contributed by atoms with van der Waals surface area (Å²) in [6.07, 6.45) is 2.37. The molecule has 0 bridgehead atoms. The minimum atomic E-state index is -0.681. The second-order valence-corrected chi connectivity index (χ2v) is 3.63. The zero-order valence-electron chi connectivity index (χ0n) is 8.47. The predicted molar refractivity (Wildman–Crippen MR) is 61.5 cm³/mol. The molecule has 5 heteroatoms. The fraction of sp³-hybridized carbons (Fsp3) is 0.182. The summed E-state index contributed by atoms with van der Waals surface area (Å²) in [5, 5.41) is -0.170. The summed E-state index contributed by atoms with van der Waals surface area (Å²) in [6, 6.07) is 2.39. The van der Waals surface area contributed by atoms with E-state index in [4.69, 9.17) is 27.9 Å². The molecule has 0 radical (unpaired) electrons. The van der Waals surface area contributed by atoms with E-state index in [2.05, 4.69) is 0 Å². The Morgan fingerprint density at radius 3 is 2.81 bits per heavy atom. The molecule has 0 amide bonds. The second-order valence-electron chi connectivity index (χ2n) is 2.84. The summed E-state index contributed by atoms with van der Waals surface area (Å²) in [7, 11) is 0. The van der Waals surface area contributed by atoms with Crippen molar-refractivity contribution in [3.63, 3.8) is 0 Å². The maximum atomic E-state index is 13.1. The van der Waals surface area contributed by atoms with Crippen LogP contribution < -0.4 is 0 Å². The first-order valence-corrected chi connectivity index (χ1v) is 5.29. The topological polar surface area (TPSA) is 26.3 Å². The number of ether oxygens (including phenoxy) is 1. The van der Waals surface area contributed by atoms with E-state index in [-0.39, 0.29) is 15.6 Å². The van der Waals surface area contributed by atoms with Crippen molar-refractivity contribution >= 4 is 29.0 Å². The smallest absolute Gasteiger partial charge is 0.191 e. The Hall–Kier alpha value is -1.06. The summed E-state index contributed by atoms with van der Waals surface area (Å²) in [6.45, 7) is 2.21. The van der Waals surface area contributed by atoms with Crippen LogP contribution in [0.3, 0.4) is 0 Å². The van der Waals surface area contributed by atoms with E-state index < -0.39 is 11.6 Å². The lowest BCUT2D eigenvalue weighted by molar-refractivity contribution is 0.104. The van der Waals surface area contributed by atoms with Crippen molar-refractivity contribution in [3.8, 4) is 0 Å². The number of hydrogen-bond donors (Lipinski definition) is 0. The van der Waals surface area contributed by atoms with Crippen LogP contribution in [0, 0.1) is 5.82 Å². The van der Waals surface area contributed by atoms with Gasteiger partial charge in [0.25, 0.3) is 0 Å². The Bertz CT molecular complexity index is 430. The van der Waals surface area contributed by atoms with E-state index in [1.807, 2.05) is 0 Å². The molecule has 0 aromatic heterocycles. The van der Waals surface area contributed by atoms with Gasteiger partial charge in [0, 0.05) is 6.08 Å². The first kappa shape index (κ1) is 13.0. The first-order chi connectivity index (χ1) is 7.57. The van der Waals surface area contributed by atoms with Gasteiger partial charge in [-0.25, -0.2) is 4.39 Å². The summed E-state index contributed by atoms with van der Waals surface area (Å²) in [5.74, 6) is -1.18. The molecule has 0 heterocycles. The second kappa shape index (κ2) is 5.87. The van der Waals surface area contributed by atoms with Crippen molar-refractivity contribution in [2.75, 3.05) is 6.61 Å².